The minimum Gasteiger partial charge on any atom is -0.550 e. The Hall–Kier alpha value is -4.67. The molecule has 0 saturated heterocycles. The van der Waals surface area contributed by atoms with Gasteiger partial charge in [-0.25, -0.2) is 9.97 Å². The standard InChI is InChI=1S/2C6H6N2O2.2C4H6O5.Mo/c2*9-6(10)2-1-5-3-7-4-8-5;2*5-2(4(8)9)1-3(6)7;/h2*1-4H,(H,7,8)(H,9,10);2*2,5H,1H2,(H,6,7)(H,8,9);/q;;;;+6/p-6. The molecular formula is C20H18MoN4O14. The molecule has 2 atom stereocenters. The minimum absolute atomic E-state index is 0. The van der Waals surface area contributed by atoms with Crippen LogP contribution in [0.2, 0.25) is 0 Å². The summed E-state index contributed by atoms with van der Waals surface area (Å²) in [5.41, 5.74) is 1.15. The maximum Gasteiger partial charge on any atom is 6.00 e. The molecule has 0 spiro atoms. The van der Waals surface area contributed by atoms with E-state index in [-0.39, 0.29) is 21.1 Å². The van der Waals surface area contributed by atoms with Crippen molar-refractivity contribution in [3.8, 4) is 0 Å². The van der Waals surface area contributed by atoms with Crippen LogP contribution in [-0.4, -0.2) is 78.2 Å². The van der Waals surface area contributed by atoms with Crippen LogP contribution in [-0.2, 0) is 49.8 Å². The number of hydrogen-bond acceptors (Lipinski definition) is 16. The van der Waals surface area contributed by atoms with E-state index in [1.54, 1.807) is 12.4 Å². The second kappa shape index (κ2) is 22.5. The number of carbonyl (C=O) groups is 6. The third kappa shape index (κ3) is 26.2. The van der Waals surface area contributed by atoms with Crippen LogP contribution < -0.4 is 30.6 Å². The van der Waals surface area contributed by atoms with E-state index in [0.717, 1.165) is 12.2 Å². The number of carboxylic acids is 6. The molecule has 0 aliphatic heterocycles. The summed E-state index contributed by atoms with van der Waals surface area (Å²) in [5, 5.41) is 74.4. The fourth-order valence-electron chi connectivity index (χ4n) is 1.51. The number of nitrogens with one attached hydrogen (secondary N) is 2. The third-order valence-electron chi connectivity index (χ3n) is 3.08. The average molecular weight is 634 g/mol. The van der Waals surface area contributed by atoms with Crippen LogP contribution in [0.1, 0.15) is 24.2 Å². The van der Waals surface area contributed by atoms with Gasteiger partial charge in [0.15, 0.2) is 0 Å². The summed E-state index contributed by atoms with van der Waals surface area (Å²) < 4.78 is 0. The molecule has 0 aromatic carbocycles. The zero-order valence-electron chi connectivity index (χ0n) is 19.3. The first-order chi connectivity index (χ1) is 17.6. The number of aromatic amines is 2. The minimum atomic E-state index is -1.96. The Morgan fingerprint density at radius 3 is 1.15 bits per heavy atom. The smallest absolute Gasteiger partial charge is 0.550 e. The van der Waals surface area contributed by atoms with Gasteiger partial charge in [0.05, 0.1) is 60.1 Å². The Morgan fingerprint density at radius 2 is 1.00 bits per heavy atom. The van der Waals surface area contributed by atoms with E-state index >= 15 is 0 Å². The fraction of sp³-hybridized carbons (Fsp3) is 0.200. The van der Waals surface area contributed by atoms with Gasteiger partial charge >= 0.3 is 21.1 Å². The Morgan fingerprint density at radius 1 is 0.692 bits per heavy atom. The van der Waals surface area contributed by atoms with Crippen LogP contribution in [0.15, 0.2) is 37.2 Å². The van der Waals surface area contributed by atoms with Gasteiger partial charge in [0, 0.05) is 37.2 Å². The molecule has 0 aliphatic rings. The van der Waals surface area contributed by atoms with Crippen LogP contribution in [0.25, 0.3) is 12.2 Å². The maximum atomic E-state index is 9.86. The summed E-state index contributed by atoms with van der Waals surface area (Å²) in [6, 6.07) is 0. The Kier molecular flexibility index (Phi) is 22.4. The van der Waals surface area contributed by atoms with Gasteiger partial charge in [0.25, 0.3) is 0 Å². The fourth-order valence-corrected chi connectivity index (χ4v) is 1.51. The van der Waals surface area contributed by atoms with Crippen molar-refractivity contribution < 1.29 is 90.7 Å². The normalized spacial score (nSPS) is 11.1. The van der Waals surface area contributed by atoms with E-state index in [1.165, 1.54) is 24.8 Å². The maximum absolute atomic E-state index is 9.86. The van der Waals surface area contributed by atoms with Gasteiger partial charge in [-0.3, -0.25) is 0 Å². The molecule has 208 valence electrons. The first-order valence-electron chi connectivity index (χ1n) is 9.58. The van der Waals surface area contributed by atoms with Crippen molar-refractivity contribution in [1.29, 1.82) is 0 Å². The molecule has 0 radical (unpaired) electrons. The predicted molar refractivity (Wildman–Crippen MR) is 107 cm³/mol. The van der Waals surface area contributed by atoms with Crippen LogP contribution >= 0.6 is 0 Å². The number of carbonyl (C=O) groups excluding carboxylic acids is 6. The van der Waals surface area contributed by atoms with Crippen molar-refractivity contribution in [3.63, 3.8) is 0 Å². The van der Waals surface area contributed by atoms with E-state index in [0.29, 0.717) is 11.4 Å². The average Bonchev–Trinajstić information content (AvgIpc) is 3.51. The summed E-state index contributed by atoms with van der Waals surface area (Å²) in [4.78, 5) is 70.9. The van der Waals surface area contributed by atoms with Crippen LogP contribution in [0.4, 0.5) is 0 Å². The van der Waals surface area contributed by atoms with E-state index in [2.05, 4.69) is 19.9 Å². The van der Waals surface area contributed by atoms with Crippen molar-refractivity contribution in [2.75, 3.05) is 0 Å². The summed E-state index contributed by atoms with van der Waals surface area (Å²) in [5.74, 6) is -9.29. The quantitative estimate of drug-likeness (QED) is 0.139. The summed E-state index contributed by atoms with van der Waals surface area (Å²) >= 11 is 0. The molecule has 2 rings (SSSR count). The SMILES string of the molecule is O=C([O-])C=Cc1c[nH]cn1.O=C([O-])C=Cc1c[nH]cn1.O=C([O-])CC(O)C(=O)[O-].O=C([O-])CC(O)C(=O)[O-].[Mo+6]. The molecule has 2 aromatic rings. The third-order valence-corrected chi connectivity index (χ3v) is 3.08. The van der Waals surface area contributed by atoms with E-state index in [1.807, 2.05) is 0 Å². The van der Waals surface area contributed by atoms with Crippen molar-refractivity contribution in [1.82, 2.24) is 19.9 Å². The van der Waals surface area contributed by atoms with Crippen molar-refractivity contribution in [2.24, 2.45) is 0 Å². The van der Waals surface area contributed by atoms with Crippen molar-refractivity contribution in [2.45, 2.75) is 25.0 Å². The second-order valence-electron chi connectivity index (χ2n) is 6.11. The molecule has 2 aromatic heterocycles. The monoisotopic (exact) mass is 636 g/mol. The van der Waals surface area contributed by atoms with Crippen LogP contribution in [0.3, 0.4) is 0 Å². The number of nitrogens with zero attached hydrogens (tertiary/aromatic N) is 2. The number of carboxylic acid groups (broad SMARTS) is 6. The number of aromatic nitrogens is 4. The topological polar surface area (TPSA) is 339 Å². The molecule has 2 unspecified atom stereocenters. The Labute approximate surface area is 232 Å². The molecule has 4 N–H and O–H groups in total. The first-order valence-corrected chi connectivity index (χ1v) is 9.58. The molecule has 0 aliphatic carbocycles. The molecule has 19 heteroatoms. The summed E-state index contributed by atoms with van der Waals surface area (Å²) in [6.45, 7) is 0. The number of aliphatic hydroxyl groups excluding tert-OH is 2. The predicted octanol–water partition coefficient (Wildman–Crippen LogP) is -9.18. The summed E-state index contributed by atoms with van der Waals surface area (Å²) in [7, 11) is 0. The van der Waals surface area contributed by atoms with E-state index in [9.17, 15) is 59.4 Å². The second-order valence-corrected chi connectivity index (χ2v) is 6.11. The molecular weight excluding hydrogens is 616 g/mol. The van der Waals surface area contributed by atoms with Crippen LogP contribution in [0, 0.1) is 0 Å². The van der Waals surface area contributed by atoms with Gasteiger partial charge in [-0.1, -0.05) is 0 Å². The number of imidazole rings is 2. The van der Waals surface area contributed by atoms with Gasteiger partial charge in [0.1, 0.15) is 0 Å². The molecule has 18 nitrogen and oxygen atoms in total. The number of aliphatic hydroxyl groups is 2. The van der Waals surface area contributed by atoms with E-state index in [4.69, 9.17) is 10.2 Å². The Bertz CT molecular complexity index is 998. The molecule has 0 amide bonds. The van der Waals surface area contributed by atoms with Gasteiger partial charge in [-0.15, -0.1) is 0 Å². The van der Waals surface area contributed by atoms with Gasteiger partial charge in [-0.2, -0.15) is 0 Å². The largest absolute Gasteiger partial charge is 6.00 e. The Balaban J connectivity index is -0.000000440. The number of H-pyrrole nitrogens is 2. The molecule has 2 heterocycles. The number of aliphatic carboxylic acids is 6. The summed E-state index contributed by atoms with van der Waals surface area (Å²) in [6.07, 6.45) is 4.88. The van der Waals surface area contributed by atoms with E-state index < -0.39 is 60.9 Å². The first kappa shape index (κ1) is 38.9. The zero-order valence-corrected chi connectivity index (χ0v) is 21.3. The van der Waals surface area contributed by atoms with Gasteiger partial charge in [0.2, 0.25) is 0 Å². The molecule has 0 saturated carbocycles. The number of hydrogen-bond donors (Lipinski definition) is 4. The molecule has 0 fully saturated rings. The van der Waals surface area contributed by atoms with Crippen molar-refractivity contribution >= 4 is 48.0 Å². The number of rotatable bonds is 10. The van der Waals surface area contributed by atoms with Gasteiger partial charge in [-0.05, 0) is 24.3 Å². The van der Waals surface area contributed by atoms with Gasteiger partial charge < -0.3 is 79.6 Å². The molecule has 0 bridgehead atoms. The van der Waals surface area contributed by atoms with Crippen LogP contribution in [0.5, 0.6) is 0 Å². The zero-order chi connectivity index (χ0) is 29.7. The molecule has 39 heavy (non-hydrogen) atoms. The van der Waals surface area contributed by atoms with Crippen molar-refractivity contribution in [3.05, 3.63) is 48.6 Å².